The molecule has 0 radical (unpaired) electrons. The summed E-state index contributed by atoms with van der Waals surface area (Å²) >= 11 is 0. The van der Waals surface area contributed by atoms with E-state index in [1.165, 1.54) is 0 Å². The molecule has 1 saturated carbocycles. The van der Waals surface area contributed by atoms with E-state index in [1.807, 2.05) is 29.2 Å². The quantitative estimate of drug-likeness (QED) is 0.909. The molecule has 1 aromatic carbocycles. The molecular weight excluding hydrogens is 292 g/mol. The van der Waals surface area contributed by atoms with Gasteiger partial charge in [-0.15, -0.1) is 0 Å². The van der Waals surface area contributed by atoms with Crippen molar-refractivity contribution in [3.05, 3.63) is 29.8 Å². The minimum absolute atomic E-state index is 0.182. The van der Waals surface area contributed by atoms with Crippen LogP contribution in [0.15, 0.2) is 24.3 Å². The molecule has 5 heteroatoms. The maximum absolute atomic E-state index is 12.4. The zero-order chi connectivity index (χ0) is 16.2. The van der Waals surface area contributed by atoms with Gasteiger partial charge < -0.3 is 14.7 Å². The van der Waals surface area contributed by atoms with Gasteiger partial charge >= 0.3 is 0 Å². The molecule has 1 aromatic rings. The van der Waals surface area contributed by atoms with Crippen molar-refractivity contribution < 1.29 is 14.6 Å². The van der Waals surface area contributed by atoms with Crippen LogP contribution in [0.5, 0.6) is 5.75 Å². The van der Waals surface area contributed by atoms with Crippen molar-refractivity contribution in [2.75, 3.05) is 33.3 Å². The Labute approximate surface area is 137 Å². The number of nitrogens with zero attached hydrogens (tertiary/aromatic N) is 2. The second kappa shape index (κ2) is 7.32. The van der Waals surface area contributed by atoms with E-state index < -0.39 is 0 Å². The third kappa shape index (κ3) is 3.85. The van der Waals surface area contributed by atoms with Crippen LogP contribution < -0.4 is 4.74 Å². The van der Waals surface area contributed by atoms with Crippen LogP contribution in [0, 0.1) is 0 Å². The summed E-state index contributed by atoms with van der Waals surface area (Å²) in [5.41, 5.74) is 1.02. The van der Waals surface area contributed by atoms with Crippen molar-refractivity contribution in [2.45, 2.75) is 37.8 Å². The number of carbonyl (C=O) groups excluding carboxylic acids is 1. The molecule has 2 aliphatic rings. The third-order valence-corrected chi connectivity index (χ3v) is 5.09. The van der Waals surface area contributed by atoms with Crippen LogP contribution >= 0.6 is 0 Å². The molecule has 126 valence electrons. The van der Waals surface area contributed by atoms with Crippen LogP contribution in [0.4, 0.5) is 0 Å². The first-order valence-corrected chi connectivity index (χ1v) is 8.50. The second-order valence-electron chi connectivity index (χ2n) is 6.51. The number of benzene rings is 1. The fourth-order valence-corrected chi connectivity index (χ4v) is 3.68. The van der Waals surface area contributed by atoms with Crippen molar-refractivity contribution in [3.63, 3.8) is 0 Å². The summed E-state index contributed by atoms with van der Waals surface area (Å²) in [4.78, 5) is 16.7. The van der Waals surface area contributed by atoms with Gasteiger partial charge in [0.2, 0.25) is 5.91 Å². The highest BCUT2D eigenvalue weighted by Crippen LogP contribution is 2.25. The molecule has 2 fully saturated rings. The van der Waals surface area contributed by atoms with Gasteiger partial charge in [-0.1, -0.05) is 12.1 Å². The van der Waals surface area contributed by atoms with Gasteiger partial charge in [0, 0.05) is 32.2 Å². The Balaban J connectivity index is 1.49. The van der Waals surface area contributed by atoms with Gasteiger partial charge in [0.15, 0.2) is 0 Å². The number of aliphatic hydroxyl groups excluding tert-OH is 1. The zero-order valence-electron chi connectivity index (χ0n) is 13.8. The van der Waals surface area contributed by atoms with Crippen LogP contribution in [-0.2, 0) is 11.2 Å². The monoisotopic (exact) mass is 318 g/mol. The highest BCUT2D eigenvalue weighted by atomic mass is 16.5. The van der Waals surface area contributed by atoms with Crippen LogP contribution in [0.1, 0.15) is 24.8 Å². The lowest BCUT2D eigenvalue weighted by Gasteiger charge is -2.39. The van der Waals surface area contributed by atoms with E-state index in [0.29, 0.717) is 12.5 Å². The average molecular weight is 318 g/mol. The van der Waals surface area contributed by atoms with Gasteiger partial charge in [0.1, 0.15) is 5.75 Å². The molecule has 1 aliphatic carbocycles. The van der Waals surface area contributed by atoms with Crippen molar-refractivity contribution in [1.82, 2.24) is 9.80 Å². The van der Waals surface area contributed by atoms with Gasteiger partial charge in [-0.3, -0.25) is 9.69 Å². The lowest BCUT2D eigenvalue weighted by molar-refractivity contribution is -0.132. The van der Waals surface area contributed by atoms with Gasteiger partial charge in [-0.05, 0) is 37.0 Å². The smallest absolute Gasteiger partial charge is 0.227 e. The first-order valence-electron chi connectivity index (χ1n) is 8.50. The Morgan fingerprint density at radius 1 is 1.17 bits per heavy atom. The Morgan fingerprint density at radius 3 is 2.43 bits per heavy atom. The maximum atomic E-state index is 12.4. The van der Waals surface area contributed by atoms with E-state index >= 15 is 0 Å². The first-order chi connectivity index (χ1) is 11.2. The van der Waals surface area contributed by atoms with E-state index in [2.05, 4.69) is 4.90 Å². The van der Waals surface area contributed by atoms with Gasteiger partial charge in [-0.25, -0.2) is 0 Å². The van der Waals surface area contributed by atoms with Crippen LogP contribution in [0.3, 0.4) is 0 Å². The molecule has 5 nitrogen and oxygen atoms in total. The van der Waals surface area contributed by atoms with E-state index in [9.17, 15) is 9.90 Å². The summed E-state index contributed by atoms with van der Waals surface area (Å²) in [6.07, 6.45) is 3.37. The molecule has 0 aromatic heterocycles. The second-order valence-corrected chi connectivity index (χ2v) is 6.51. The van der Waals surface area contributed by atoms with Crippen LogP contribution in [0.2, 0.25) is 0 Å². The summed E-state index contributed by atoms with van der Waals surface area (Å²) < 4.78 is 5.14. The van der Waals surface area contributed by atoms with Gasteiger partial charge in [0.05, 0.1) is 19.6 Å². The van der Waals surface area contributed by atoms with E-state index in [4.69, 9.17) is 4.74 Å². The van der Waals surface area contributed by atoms with Crippen LogP contribution in [0.25, 0.3) is 0 Å². The van der Waals surface area contributed by atoms with Crippen molar-refractivity contribution in [1.29, 1.82) is 0 Å². The van der Waals surface area contributed by atoms with Crippen molar-refractivity contribution >= 4 is 5.91 Å². The van der Waals surface area contributed by atoms with Gasteiger partial charge in [0.25, 0.3) is 0 Å². The zero-order valence-corrected chi connectivity index (χ0v) is 13.8. The lowest BCUT2D eigenvalue weighted by Crippen LogP contribution is -2.53. The first kappa shape index (κ1) is 16.3. The van der Waals surface area contributed by atoms with Crippen molar-refractivity contribution in [2.24, 2.45) is 0 Å². The average Bonchev–Trinajstić information content (AvgIpc) is 3.02. The van der Waals surface area contributed by atoms with E-state index in [-0.39, 0.29) is 12.0 Å². The van der Waals surface area contributed by atoms with E-state index in [1.54, 1.807) is 7.11 Å². The highest BCUT2D eigenvalue weighted by Gasteiger charge is 2.33. The topological polar surface area (TPSA) is 53.0 Å². The predicted octanol–water partition coefficient (Wildman–Crippen LogP) is 1.30. The molecule has 1 N–H and O–H groups in total. The summed E-state index contributed by atoms with van der Waals surface area (Å²) in [7, 11) is 1.64. The maximum Gasteiger partial charge on any atom is 0.227 e. The number of hydrogen-bond donors (Lipinski definition) is 1. The fraction of sp³-hybridized carbons (Fsp3) is 0.611. The molecule has 2 atom stereocenters. The summed E-state index contributed by atoms with van der Waals surface area (Å²) in [6.45, 7) is 3.27. The molecule has 1 aliphatic heterocycles. The molecule has 23 heavy (non-hydrogen) atoms. The molecule has 3 rings (SSSR count). The fourth-order valence-electron chi connectivity index (χ4n) is 3.68. The number of methoxy groups -OCH3 is 1. The Morgan fingerprint density at radius 2 is 1.87 bits per heavy atom. The Bertz CT molecular complexity index is 524. The number of piperazine rings is 1. The van der Waals surface area contributed by atoms with Gasteiger partial charge in [-0.2, -0.15) is 0 Å². The summed E-state index contributed by atoms with van der Waals surface area (Å²) in [5, 5.41) is 10.0. The molecule has 1 saturated heterocycles. The molecular formula is C18H26N2O3. The van der Waals surface area contributed by atoms with Crippen LogP contribution in [-0.4, -0.2) is 66.2 Å². The lowest BCUT2D eigenvalue weighted by atomic mass is 10.1. The number of rotatable bonds is 4. The minimum Gasteiger partial charge on any atom is -0.497 e. The van der Waals surface area contributed by atoms with E-state index in [0.717, 1.165) is 56.8 Å². The number of amides is 1. The summed E-state index contributed by atoms with van der Waals surface area (Å²) in [6, 6.07) is 7.97. The molecule has 0 unspecified atom stereocenters. The standard InChI is InChI=1S/C18H26N2O3/c1-23-15-7-5-14(6-8-15)13-18(22)20-11-9-19(10-12-20)16-3-2-4-17(16)21/h5-8,16-17,21H,2-4,9-13H2,1H3/t16-,17-/m1/s1. The molecule has 1 amide bonds. The molecule has 0 bridgehead atoms. The summed E-state index contributed by atoms with van der Waals surface area (Å²) in [5.74, 6) is 0.992. The number of hydrogen-bond acceptors (Lipinski definition) is 4. The number of carbonyl (C=O) groups is 1. The Hall–Kier alpha value is -1.59. The predicted molar refractivity (Wildman–Crippen MR) is 88.5 cm³/mol. The highest BCUT2D eigenvalue weighted by molar-refractivity contribution is 5.79. The molecule has 1 heterocycles. The minimum atomic E-state index is -0.184. The van der Waals surface area contributed by atoms with Crippen molar-refractivity contribution in [3.8, 4) is 5.75 Å². The SMILES string of the molecule is COc1ccc(CC(=O)N2CCN([C@@H]3CCC[C@H]3O)CC2)cc1. The third-order valence-electron chi connectivity index (χ3n) is 5.09. The Kier molecular flexibility index (Phi) is 5.18. The normalized spacial score (nSPS) is 25.6. The molecule has 0 spiro atoms. The number of ether oxygens (including phenoxy) is 1. The largest absolute Gasteiger partial charge is 0.497 e. The number of aliphatic hydroxyl groups is 1.